The molecule has 0 fully saturated rings. The number of hydrogen-bond acceptors (Lipinski definition) is 4. The van der Waals surface area contributed by atoms with Crippen LogP contribution in [-0.4, -0.2) is 29.0 Å². The van der Waals surface area contributed by atoms with Gasteiger partial charge in [-0.15, -0.1) is 0 Å². The second kappa shape index (κ2) is 4.22. The Kier molecular flexibility index (Phi) is 2.95. The molecule has 15 heavy (non-hydrogen) atoms. The summed E-state index contributed by atoms with van der Waals surface area (Å²) in [4.78, 5) is 0. The predicted octanol–water partition coefficient (Wildman–Crippen LogP) is 0.128. The van der Waals surface area contributed by atoms with Crippen molar-refractivity contribution in [1.82, 2.24) is 0 Å². The van der Waals surface area contributed by atoms with Gasteiger partial charge in [0, 0.05) is 24.4 Å². The van der Waals surface area contributed by atoms with Gasteiger partial charge in [-0.25, -0.2) is 0 Å². The number of para-hydroxylation sites is 1. The van der Waals surface area contributed by atoms with Gasteiger partial charge in [-0.05, 0) is 5.56 Å². The van der Waals surface area contributed by atoms with E-state index in [0.29, 0.717) is 17.6 Å². The van der Waals surface area contributed by atoms with Gasteiger partial charge < -0.3 is 19.9 Å². The summed E-state index contributed by atoms with van der Waals surface area (Å²) in [7, 11) is -0.901. The highest BCUT2D eigenvalue weighted by Gasteiger charge is 2.32. The fourth-order valence-corrected chi connectivity index (χ4v) is 1.92. The molecular formula is C10H13BO4. The number of aliphatic hydroxyl groups is 2. The van der Waals surface area contributed by atoms with Crippen molar-refractivity contribution in [2.75, 3.05) is 6.61 Å². The second-order valence-electron chi connectivity index (χ2n) is 3.68. The molecule has 0 bridgehead atoms. The quantitative estimate of drug-likeness (QED) is 0.604. The van der Waals surface area contributed by atoms with Crippen molar-refractivity contribution in [2.24, 2.45) is 0 Å². The maximum Gasteiger partial charge on any atom is 0.523 e. The molecule has 2 rings (SSSR count). The molecule has 0 saturated carbocycles. The number of aliphatic hydroxyl groups excluding tert-OH is 2. The Morgan fingerprint density at radius 3 is 2.87 bits per heavy atom. The molecule has 3 N–H and O–H groups in total. The molecule has 0 spiro atoms. The van der Waals surface area contributed by atoms with Crippen LogP contribution < -0.4 is 4.65 Å². The summed E-state index contributed by atoms with van der Waals surface area (Å²) in [5.41, 5.74) is 1.50. The van der Waals surface area contributed by atoms with Gasteiger partial charge in [-0.2, -0.15) is 0 Å². The van der Waals surface area contributed by atoms with Gasteiger partial charge in [0.25, 0.3) is 0 Å². The van der Waals surface area contributed by atoms with Crippen LogP contribution in [0.4, 0.5) is 0 Å². The fraction of sp³-hybridized carbons (Fsp3) is 0.400. The lowest BCUT2D eigenvalue weighted by Crippen LogP contribution is -2.31. The molecule has 1 unspecified atom stereocenters. The third kappa shape index (κ3) is 1.86. The molecule has 1 aromatic rings. The molecule has 0 aromatic heterocycles. The average Bonchev–Trinajstić information content (AvgIpc) is 2.27. The van der Waals surface area contributed by atoms with Crippen molar-refractivity contribution < 1.29 is 19.9 Å². The predicted molar refractivity (Wildman–Crippen MR) is 55.6 cm³/mol. The molecule has 1 atom stereocenters. The van der Waals surface area contributed by atoms with Crippen LogP contribution in [-0.2, 0) is 6.61 Å². The van der Waals surface area contributed by atoms with E-state index in [0.717, 1.165) is 5.56 Å². The summed E-state index contributed by atoms with van der Waals surface area (Å²) in [6.07, 6.45) is 0.387. The summed E-state index contributed by atoms with van der Waals surface area (Å²) in [5, 5.41) is 27.8. The molecule has 1 aromatic carbocycles. The summed E-state index contributed by atoms with van der Waals surface area (Å²) < 4.78 is 5.27. The van der Waals surface area contributed by atoms with Crippen LogP contribution in [0.5, 0.6) is 5.75 Å². The third-order valence-corrected chi connectivity index (χ3v) is 2.70. The first kappa shape index (κ1) is 10.5. The largest absolute Gasteiger partial charge is 0.536 e. The number of hydrogen-bond donors (Lipinski definition) is 3. The van der Waals surface area contributed by atoms with E-state index >= 15 is 0 Å². The molecule has 1 aliphatic heterocycles. The molecule has 5 heteroatoms. The van der Waals surface area contributed by atoms with Crippen LogP contribution in [0.25, 0.3) is 0 Å². The molecule has 0 saturated heterocycles. The Bertz CT molecular complexity index is 355. The van der Waals surface area contributed by atoms with Gasteiger partial charge in [0.05, 0.1) is 6.61 Å². The minimum atomic E-state index is -0.901. The standard InChI is InChI=1S/C10H13BO4/c12-5-7-2-1-3-9-8(6-13)4-11(14)15-10(7)9/h1-3,8,12-14H,4-6H2. The summed E-state index contributed by atoms with van der Waals surface area (Å²) in [6, 6.07) is 5.40. The van der Waals surface area contributed by atoms with E-state index in [1.165, 1.54) is 0 Å². The van der Waals surface area contributed by atoms with E-state index < -0.39 is 7.12 Å². The first-order valence-electron chi connectivity index (χ1n) is 4.94. The van der Waals surface area contributed by atoms with E-state index in [9.17, 15) is 10.1 Å². The minimum absolute atomic E-state index is 0.0255. The van der Waals surface area contributed by atoms with Crippen LogP contribution in [0.2, 0.25) is 6.32 Å². The highest BCUT2D eigenvalue weighted by Crippen LogP contribution is 2.37. The van der Waals surface area contributed by atoms with Crippen LogP contribution in [0.15, 0.2) is 18.2 Å². The lowest BCUT2D eigenvalue weighted by Gasteiger charge is -2.27. The molecule has 4 nitrogen and oxygen atoms in total. The van der Waals surface area contributed by atoms with Gasteiger partial charge in [0.1, 0.15) is 5.75 Å². The summed E-state index contributed by atoms with van der Waals surface area (Å²) >= 11 is 0. The molecule has 1 aliphatic rings. The first-order chi connectivity index (χ1) is 7.26. The van der Waals surface area contributed by atoms with E-state index in [4.69, 9.17) is 9.76 Å². The number of fused-ring (bicyclic) bond motifs is 1. The molecular weight excluding hydrogens is 195 g/mol. The topological polar surface area (TPSA) is 69.9 Å². The third-order valence-electron chi connectivity index (χ3n) is 2.70. The lowest BCUT2D eigenvalue weighted by atomic mass is 9.72. The highest BCUT2D eigenvalue weighted by molar-refractivity contribution is 6.44. The molecule has 1 heterocycles. The zero-order chi connectivity index (χ0) is 10.8. The Morgan fingerprint density at radius 2 is 2.20 bits per heavy atom. The van der Waals surface area contributed by atoms with E-state index in [2.05, 4.69) is 0 Å². The van der Waals surface area contributed by atoms with Gasteiger partial charge in [0.2, 0.25) is 0 Å². The zero-order valence-corrected chi connectivity index (χ0v) is 8.26. The SMILES string of the molecule is OCc1cccc2c1OB(O)CC2CO. The smallest absolute Gasteiger partial charge is 0.523 e. The Labute approximate surface area is 88.3 Å². The van der Waals surface area contributed by atoms with Gasteiger partial charge >= 0.3 is 7.12 Å². The normalized spacial score (nSPS) is 19.7. The summed E-state index contributed by atoms with van der Waals surface area (Å²) in [5.74, 6) is 0.396. The molecule has 0 radical (unpaired) electrons. The molecule has 0 aliphatic carbocycles. The zero-order valence-electron chi connectivity index (χ0n) is 8.26. The Balaban J connectivity index is 2.45. The van der Waals surface area contributed by atoms with Crippen molar-refractivity contribution >= 4 is 7.12 Å². The number of benzene rings is 1. The van der Waals surface area contributed by atoms with Crippen LogP contribution in [0.1, 0.15) is 17.0 Å². The maximum absolute atomic E-state index is 9.46. The number of rotatable bonds is 2. The first-order valence-corrected chi connectivity index (χ1v) is 4.94. The highest BCUT2D eigenvalue weighted by atomic mass is 16.5. The minimum Gasteiger partial charge on any atom is -0.536 e. The monoisotopic (exact) mass is 208 g/mol. The Morgan fingerprint density at radius 1 is 1.40 bits per heavy atom. The van der Waals surface area contributed by atoms with Crippen LogP contribution in [0.3, 0.4) is 0 Å². The molecule has 80 valence electrons. The van der Waals surface area contributed by atoms with Crippen molar-refractivity contribution in [1.29, 1.82) is 0 Å². The van der Waals surface area contributed by atoms with Crippen molar-refractivity contribution in [3.63, 3.8) is 0 Å². The second-order valence-corrected chi connectivity index (χ2v) is 3.68. The lowest BCUT2D eigenvalue weighted by molar-refractivity contribution is 0.251. The van der Waals surface area contributed by atoms with Gasteiger partial charge in [-0.3, -0.25) is 0 Å². The summed E-state index contributed by atoms with van der Waals surface area (Å²) in [6.45, 7) is -0.156. The Hall–Kier alpha value is -1.04. The van der Waals surface area contributed by atoms with Crippen molar-refractivity contribution in [3.8, 4) is 5.75 Å². The van der Waals surface area contributed by atoms with E-state index in [1.807, 2.05) is 12.1 Å². The van der Waals surface area contributed by atoms with Crippen LogP contribution in [0, 0.1) is 0 Å². The average molecular weight is 208 g/mol. The van der Waals surface area contributed by atoms with Gasteiger partial charge in [-0.1, -0.05) is 18.2 Å². The van der Waals surface area contributed by atoms with Crippen LogP contribution >= 0.6 is 0 Å². The fourth-order valence-electron chi connectivity index (χ4n) is 1.92. The van der Waals surface area contributed by atoms with E-state index in [1.54, 1.807) is 6.07 Å². The maximum atomic E-state index is 9.46. The molecule has 0 amide bonds. The van der Waals surface area contributed by atoms with Gasteiger partial charge in [0.15, 0.2) is 0 Å². The van der Waals surface area contributed by atoms with Crippen molar-refractivity contribution in [2.45, 2.75) is 18.8 Å². The van der Waals surface area contributed by atoms with E-state index in [-0.39, 0.29) is 19.1 Å². The van der Waals surface area contributed by atoms with Crippen molar-refractivity contribution in [3.05, 3.63) is 29.3 Å².